The highest BCUT2D eigenvalue weighted by Crippen LogP contribution is 2.59. The number of nitrogens with two attached hydrogens (primary N) is 1. The zero-order valence-electron chi connectivity index (χ0n) is 15.9. The minimum atomic E-state index is -0.460. The van der Waals surface area contributed by atoms with E-state index in [2.05, 4.69) is 30.1 Å². The number of hydrogen-bond acceptors (Lipinski definition) is 4. The van der Waals surface area contributed by atoms with Gasteiger partial charge in [0.25, 0.3) is 0 Å². The molecule has 1 aromatic heterocycles. The van der Waals surface area contributed by atoms with Crippen molar-refractivity contribution in [1.29, 1.82) is 0 Å². The van der Waals surface area contributed by atoms with Gasteiger partial charge in [-0.1, -0.05) is 25.1 Å². The number of primary amides is 1. The molecule has 1 saturated carbocycles. The summed E-state index contributed by atoms with van der Waals surface area (Å²) in [7, 11) is 0. The van der Waals surface area contributed by atoms with Gasteiger partial charge >= 0.3 is 0 Å². The molecule has 1 aromatic rings. The monoisotopic (exact) mass is 376 g/mol. The van der Waals surface area contributed by atoms with Gasteiger partial charge in [0.15, 0.2) is 5.78 Å². The van der Waals surface area contributed by atoms with Crippen molar-refractivity contribution < 1.29 is 14.3 Å². The summed E-state index contributed by atoms with van der Waals surface area (Å²) in [6.07, 6.45) is 12.9. The molecule has 5 rings (SSSR count). The number of hydrogen-bond donors (Lipinski definition) is 1. The normalized spacial score (nSPS) is 36.2. The van der Waals surface area contributed by atoms with Crippen molar-refractivity contribution in [3.63, 3.8) is 0 Å². The second-order valence-electron chi connectivity index (χ2n) is 8.67. The Labute approximate surface area is 164 Å². The first-order valence-electron chi connectivity index (χ1n) is 10.0. The molecular weight excluding hydrogens is 352 g/mol. The molecule has 2 N–H and O–H groups in total. The molecule has 1 amide bonds. The van der Waals surface area contributed by atoms with E-state index in [4.69, 9.17) is 10.5 Å². The molecule has 28 heavy (non-hydrogen) atoms. The van der Waals surface area contributed by atoms with Crippen LogP contribution in [0.15, 0.2) is 59.7 Å². The highest BCUT2D eigenvalue weighted by atomic mass is 16.5. The number of ether oxygens (including phenoxy) is 1. The third-order valence-corrected chi connectivity index (χ3v) is 7.18. The zero-order valence-corrected chi connectivity index (χ0v) is 15.9. The van der Waals surface area contributed by atoms with Gasteiger partial charge in [-0.2, -0.15) is 0 Å². The van der Waals surface area contributed by atoms with Crippen LogP contribution in [0.4, 0.5) is 0 Å². The van der Waals surface area contributed by atoms with Gasteiger partial charge in [0.1, 0.15) is 11.9 Å². The number of allylic oxidation sites excluding steroid dienone is 4. The van der Waals surface area contributed by atoms with Crippen LogP contribution in [0.1, 0.15) is 44.1 Å². The first-order valence-corrected chi connectivity index (χ1v) is 10.0. The van der Waals surface area contributed by atoms with Crippen LogP contribution in [0, 0.1) is 17.3 Å². The van der Waals surface area contributed by atoms with Crippen molar-refractivity contribution in [2.45, 2.75) is 44.6 Å². The Bertz CT molecular complexity index is 946. The topological polar surface area (TPSA) is 82.3 Å². The largest absolute Gasteiger partial charge is 0.489 e. The fourth-order valence-electron chi connectivity index (χ4n) is 5.62. The van der Waals surface area contributed by atoms with Crippen LogP contribution < -0.4 is 5.73 Å². The summed E-state index contributed by atoms with van der Waals surface area (Å²) in [5.74, 6) is 0.442. The van der Waals surface area contributed by atoms with Crippen molar-refractivity contribution >= 4 is 11.7 Å². The number of aromatic nitrogens is 1. The molecule has 144 valence electrons. The predicted molar refractivity (Wildman–Crippen MR) is 104 cm³/mol. The number of Topliss-reactive ketones (excluding diaryl/α,β-unsaturated/α-hetero) is 1. The Morgan fingerprint density at radius 1 is 1.32 bits per heavy atom. The standard InChI is InChI=1S/C23H24N2O3/c1-23-7-6-13-9-16-19(26)10-15(22(24)27)11-20(16)28-21(13)18(23)5-4-17(23)14-3-2-8-25-12-14/h2-3,6-9,12,15,17-18,21H,4-5,10-11H2,1H3,(H2,24,27)/t15?,17-,18+,21-,23-/m1/s1. The van der Waals surface area contributed by atoms with Crippen molar-refractivity contribution in [2.75, 3.05) is 0 Å². The fraction of sp³-hybridized carbons (Fsp3) is 0.435. The Morgan fingerprint density at radius 2 is 2.18 bits per heavy atom. The maximum Gasteiger partial charge on any atom is 0.221 e. The van der Waals surface area contributed by atoms with E-state index in [1.807, 2.05) is 24.5 Å². The number of carbonyl (C=O) groups excluding carboxylic acids is 2. The molecule has 5 atom stereocenters. The van der Waals surface area contributed by atoms with E-state index in [9.17, 15) is 9.59 Å². The first kappa shape index (κ1) is 17.4. The minimum absolute atomic E-state index is 0.0229. The van der Waals surface area contributed by atoms with Gasteiger partial charge < -0.3 is 10.5 Å². The van der Waals surface area contributed by atoms with Gasteiger partial charge in [0.2, 0.25) is 5.91 Å². The highest BCUT2D eigenvalue weighted by Gasteiger charge is 2.53. The maximum absolute atomic E-state index is 12.5. The lowest BCUT2D eigenvalue weighted by atomic mass is 9.65. The van der Waals surface area contributed by atoms with Gasteiger partial charge in [0.05, 0.1) is 11.5 Å². The second kappa shape index (κ2) is 6.16. The minimum Gasteiger partial charge on any atom is -0.489 e. The third kappa shape index (κ3) is 2.49. The van der Waals surface area contributed by atoms with Crippen LogP contribution >= 0.6 is 0 Å². The van der Waals surface area contributed by atoms with Gasteiger partial charge in [-0.05, 0) is 47.5 Å². The van der Waals surface area contributed by atoms with Crippen LogP contribution in [0.5, 0.6) is 0 Å². The molecule has 0 bridgehead atoms. The van der Waals surface area contributed by atoms with E-state index in [1.54, 1.807) is 0 Å². The molecule has 1 aliphatic heterocycles. The van der Waals surface area contributed by atoms with Crippen molar-refractivity contribution in [1.82, 2.24) is 4.98 Å². The summed E-state index contributed by atoms with van der Waals surface area (Å²) in [4.78, 5) is 28.5. The van der Waals surface area contributed by atoms with E-state index in [0.29, 0.717) is 29.6 Å². The lowest BCUT2D eigenvalue weighted by Gasteiger charge is -2.44. The van der Waals surface area contributed by atoms with Gasteiger partial charge in [-0.25, -0.2) is 0 Å². The SMILES string of the molecule is C[C@]12C=CC3=CC4=C(CC(C(N)=O)CC4=O)O[C@H]3[C@@H]1CC[C@@H]2c1cccnc1. The molecule has 1 fully saturated rings. The van der Waals surface area contributed by atoms with Crippen LogP contribution in [0.3, 0.4) is 0 Å². The highest BCUT2D eigenvalue weighted by molar-refractivity contribution is 6.02. The Balaban J connectivity index is 1.49. The Morgan fingerprint density at radius 3 is 2.93 bits per heavy atom. The van der Waals surface area contributed by atoms with Crippen LogP contribution in [0.25, 0.3) is 0 Å². The molecule has 0 saturated heterocycles. The number of fused-ring (bicyclic) bond motifs is 3. The van der Waals surface area contributed by atoms with Gasteiger partial charge in [-0.3, -0.25) is 14.6 Å². The summed E-state index contributed by atoms with van der Waals surface area (Å²) < 4.78 is 6.42. The van der Waals surface area contributed by atoms with Crippen molar-refractivity contribution in [3.05, 3.63) is 65.2 Å². The van der Waals surface area contributed by atoms with Crippen LogP contribution in [-0.4, -0.2) is 22.8 Å². The molecule has 0 aromatic carbocycles. The van der Waals surface area contributed by atoms with Crippen molar-refractivity contribution in [3.8, 4) is 0 Å². The van der Waals surface area contributed by atoms with Crippen LogP contribution in [0.2, 0.25) is 0 Å². The molecule has 4 aliphatic rings. The molecule has 1 unspecified atom stereocenters. The lowest BCUT2D eigenvalue weighted by Crippen LogP contribution is -2.42. The van der Waals surface area contributed by atoms with E-state index >= 15 is 0 Å². The molecule has 0 radical (unpaired) electrons. The quantitative estimate of drug-likeness (QED) is 0.859. The average molecular weight is 376 g/mol. The van der Waals surface area contributed by atoms with Crippen molar-refractivity contribution in [2.24, 2.45) is 23.0 Å². The fourth-order valence-corrected chi connectivity index (χ4v) is 5.62. The summed E-state index contributed by atoms with van der Waals surface area (Å²) in [6.45, 7) is 2.31. The lowest BCUT2D eigenvalue weighted by molar-refractivity contribution is -0.127. The second-order valence-corrected chi connectivity index (χ2v) is 8.67. The Kier molecular flexibility index (Phi) is 3.83. The van der Waals surface area contributed by atoms with E-state index in [1.165, 1.54) is 5.56 Å². The molecule has 0 spiro atoms. The van der Waals surface area contributed by atoms with E-state index < -0.39 is 11.8 Å². The van der Waals surface area contributed by atoms with E-state index in [0.717, 1.165) is 18.4 Å². The number of ketones is 1. The summed E-state index contributed by atoms with van der Waals surface area (Å²) in [5.41, 5.74) is 8.41. The number of pyridine rings is 1. The first-order chi connectivity index (χ1) is 13.5. The summed E-state index contributed by atoms with van der Waals surface area (Å²) in [6, 6.07) is 4.15. The van der Waals surface area contributed by atoms with Crippen LogP contribution in [-0.2, 0) is 14.3 Å². The molecule has 3 aliphatic carbocycles. The molecule has 2 heterocycles. The van der Waals surface area contributed by atoms with Gasteiger partial charge in [-0.15, -0.1) is 0 Å². The van der Waals surface area contributed by atoms with Gasteiger partial charge in [0, 0.05) is 31.2 Å². The third-order valence-electron chi connectivity index (χ3n) is 7.18. The van der Waals surface area contributed by atoms with E-state index in [-0.39, 0.29) is 23.7 Å². The number of rotatable bonds is 2. The zero-order chi connectivity index (χ0) is 19.5. The smallest absolute Gasteiger partial charge is 0.221 e. The predicted octanol–water partition coefficient (Wildman–Crippen LogP) is 3.20. The Hall–Kier alpha value is -2.69. The average Bonchev–Trinajstić information content (AvgIpc) is 3.05. The number of nitrogens with zero attached hydrogens (tertiary/aromatic N) is 1. The number of carbonyl (C=O) groups is 2. The molecular formula is C23H24N2O3. The molecule has 5 nitrogen and oxygen atoms in total. The maximum atomic E-state index is 12.5. The summed E-state index contributed by atoms with van der Waals surface area (Å²) >= 11 is 0. The molecule has 5 heteroatoms. The summed E-state index contributed by atoms with van der Waals surface area (Å²) in [5, 5.41) is 0. The number of amides is 1.